The molecule has 0 bridgehead atoms. The monoisotopic (exact) mass is 216 g/mol. The minimum atomic E-state index is -1.57. The molecule has 1 fully saturated rings. The van der Waals surface area contributed by atoms with Crippen molar-refractivity contribution in [3.8, 4) is 0 Å². The molecular weight excluding hydrogens is 204 g/mol. The predicted octanol–water partition coefficient (Wildman–Crippen LogP) is -2.80. The van der Waals surface area contributed by atoms with Gasteiger partial charge < -0.3 is 30.3 Å². The Hall–Kier alpha value is 0.0500. The van der Waals surface area contributed by atoms with Gasteiger partial charge in [0.1, 0.15) is 24.4 Å². The van der Waals surface area contributed by atoms with Crippen LogP contribution >= 0.6 is 12.4 Å². The highest BCUT2D eigenvalue weighted by Crippen LogP contribution is 2.18. The fourth-order valence-corrected chi connectivity index (χ4v) is 1.08. The summed E-state index contributed by atoms with van der Waals surface area (Å²) in [6.07, 6.45) is -7.04. The lowest BCUT2D eigenvalue weighted by molar-refractivity contribution is -0.286. The second kappa shape index (κ2) is 5.06. The molecule has 1 heterocycles. The molecule has 1 saturated heterocycles. The third-order valence-corrected chi connectivity index (χ3v) is 1.87. The van der Waals surface area contributed by atoms with E-state index in [1.807, 2.05) is 0 Å². The van der Waals surface area contributed by atoms with Gasteiger partial charge in [-0.05, 0) is 0 Å². The Morgan fingerprint density at radius 2 is 1.46 bits per heavy atom. The average Bonchev–Trinajstić information content (AvgIpc) is 2.08. The molecule has 0 radical (unpaired) electrons. The van der Waals surface area contributed by atoms with Gasteiger partial charge >= 0.3 is 0 Å². The van der Waals surface area contributed by atoms with E-state index in [0.29, 0.717) is 0 Å². The van der Waals surface area contributed by atoms with E-state index in [4.69, 9.17) is 25.5 Å². The summed E-state index contributed by atoms with van der Waals surface area (Å²) in [6, 6.07) is 0. The van der Waals surface area contributed by atoms with Crippen molar-refractivity contribution in [2.45, 2.75) is 30.7 Å². The number of hydrogen-bond donors (Lipinski definition) is 5. The molecule has 5 N–H and O–H groups in total. The van der Waals surface area contributed by atoms with Gasteiger partial charge in [-0.25, -0.2) is 0 Å². The third-order valence-electron chi connectivity index (χ3n) is 1.87. The Kier molecular flexibility index (Phi) is 5.08. The molecule has 0 saturated carbocycles. The van der Waals surface area contributed by atoms with Crippen molar-refractivity contribution >= 4 is 12.4 Å². The predicted molar refractivity (Wildman–Crippen MR) is 43.2 cm³/mol. The second-order valence-corrected chi connectivity index (χ2v) is 2.72. The Morgan fingerprint density at radius 3 is 1.92 bits per heavy atom. The van der Waals surface area contributed by atoms with E-state index in [-0.39, 0.29) is 12.4 Å². The van der Waals surface area contributed by atoms with Gasteiger partial charge in [0.2, 0.25) is 0 Å². The lowest BCUT2D eigenvalue weighted by atomic mass is 10.00. The number of ether oxygens (including phenoxy) is 1. The molecule has 1 aliphatic rings. The summed E-state index contributed by atoms with van der Waals surface area (Å²) in [6.45, 7) is -0.526. The van der Waals surface area contributed by atoms with Gasteiger partial charge in [-0.15, -0.1) is 12.4 Å². The summed E-state index contributed by atoms with van der Waals surface area (Å²) in [5.74, 6) is 0. The van der Waals surface area contributed by atoms with Crippen LogP contribution in [0.15, 0.2) is 0 Å². The number of aliphatic hydroxyl groups is 5. The highest BCUT2D eigenvalue weighted by molar-refractivity contribution is 5.85. The summed E-state index contributed by atoms with van der Waals surface area (Å²) in [4.78, 5) is 0. The zero-order valence-electron chi connectivity index (χ0n) is 6.65. The number of aliphatic hydroxyl groups excluding tert-OH is 5. The Morgan fingerprint density at radius 1 is 0.923 bits per heavy atom. The zero-order chi connectivity index (χ0) is 9.30. The highest BCUT2D eigenvalue weighted by atomic mass is 35.5. The van der Waals surface area contributed by atoms with Gasteiger partial charge in [-0.2, -0.15) is 0 Å². The normalized spacial score (nSPS) is 45.5. The van der Waals surface area contributed by atoms with Gasteiger partial charge in [0.25, 0.3) is 0 Å². The van der Waals surface area contributed by atoms with Gasteiger partial charge in [0.15, 0.2) is 6.29 Å². The van der Waals surface area contributed by atoms with Crippen LogP contribution in [0.25, 0.3) is 0 Å². The average molecular weight is 217 g/mol. The maximum atomic E-state index is 9.12. The van der Waals surface area contributed by atoms with Crippen molar-refractivity contribution in [2.75, 3.05) is 6.61 Å². The van der Waals surface area contributed by atoms with E-state index in [1.54, 1.807) is 0 Å². The van der Waals surface area contributed by atoms with Crippen molar-refractivity contribution in [1.29, 1.82) is 0 Å². The molecule has 13 heavy (non-hydrogen) atoms. The minimum Gasteiger partial charge on any atom is -0.394 e. The van der Waals surface area contributed by atoms with E-state index < -0.39 is 37.3 Å². The molecule has 0 aromatic carbocycles. The first-order valence-electron chi connectivity index (χ1n) is 3.56. The molecule has 0 unspecified atom stereocenters. The molecule has 0 spiro atoms. The van der Waals surface area contributed by atoms with Crippen LogP contribution < -0.4 is 0 Å². The van der Waals surface area contributed by atoms with E-state index in [1.165, 1.54) is 0 Å². The third kappa shape index (κ3) is 2.50. The van der Waals surface area contributed by atoms with Crippen molar-refractivity contribution in [3.63, 3.8) is 0 Å². The summed E-state index contributed by atoms with van der Waals surface area (Å²) >= 11 is 0. The maximum Gasteiger partial charge on any atom is 0.184 e. The van der Waals surface area contributed by atoms with Crippen LogP contribution in [0.3, 0.4) is 0 Å². The van der Waals surface area contributed by atoms with E-state index in [2.05, 4.69) is 4.74 Å². The van der Waals surface area contributed by atoms with Crippen LogP contribution in [-0.4, -0.2) is 62.8 Å². The van der Waals surface area contributed by atoms with Crippen molar-refractivity contribution in [2.24, 2.45) is 0 Å². The van der Waals surface area contributed by atoms with Crippen LogP contribution in [0.4, 0.5) is 0 Å². The molecule has 5 atom stereocenters. The molecule has 1 rings (SSSR count). The maximum absolute atomic E-state index is 9.12. The fourth-order valence-electron chi connectivity index (χ4n) is 1.08. The van der Waals surface area contributed by atoms with E-state index in [9.17, 15) is 0 Å². The van der Waals surface area contributed by atoms with Crippen LogP contribution in [0, 0.1) is 0 Å². The quantitative estimate of drug-likeness (QED) is 0.324. The van der Waals surface area contributed by atoms with Crippen LogP contribution in [-0.2, 0) is 4.74 Å². The molecule has 6 nitrogen and oxygen atoms in total. The van der Waals surface area contributed by atoms with E-state index in [0.717, 1.165) is 0 Å². The van der Waals surface area contributed by atoms with Crippen molar-refractivity contribution in [3.05, 3.63) is 0 Å². The molecule has 0 amide bonds. The second-order valence-electron chi connectivity index (χ2n) is 2.72. The molecular formula is C6H13ClO6. The Balaban J connectivity index is 0.00000144. The summed E-state index contributed by atoms with van der Waals surface area (Å²) in [7, 11) is 0. The molecule has 1 aliphatic heterocycles. The first-order valence-corrected chi connectivity index (χ1v) is 3.56. The van der Waals surface area contributed by atoms with Crippen molar-refractivity contribution in [1.82, 2.24) is 0 Å². The molecule has 80 valence electrons. The number of rotatable bonds is 1. The summed E-state index contributed by atoms with van der Waals surface area (Å²) in [5.41, 5.74) is 0. The first-order chi connectivity index (χ1) is 5.57. The lowest BCUT2D eigenvalue weighted by Gasteiger charge is -2.37. The number of hydrogen-bond acceptors (Lipinski definition) is 6. The van der Waals surface area contributed by atoms with Crippen LogP contribution in [0.2, 0.25) is 0 Å². The molecule has 0 aromatic rings. The topological polar surface area (TPSA) is 110 Å². The standard InChI is InChI=1S/C6H12O6.ClH/c7-1-2-3(8)4(9)5(10)6(11)12-2;/h2-11H,1H2;1H/t2-,3-,4+,5-,6+;/m1./s1. The first kappa shape index (κ1) is 13.1. The molecule has 0 aromatic heterocycles. The largest absolute Gasteiger partial charge is 0.394 e. The Labute approximate surface area is 80.8 Å². The summed E-state index contributed by atoms with van der Waals surface area (Å²) in [5, 5.41) is 44.7. The van der Waals surface area contributed by atoms with Gasteiger partial charge in [-0.1, -0.05) is 0 Å². The molecule has 7 heteroatoms. The fraction of sp³-hybridized carbons (Fsp3) is 1.00. The SMILES string of the molecule is Cl.OC[C@H]1O[C@H](O)[C@H](O)[C@@H](O)[C@@H]1O. The van der Waals surface area contributed by atoms with Crippen LogP contribution in [0.1, 0.15) is 0 Å². The minimum absolute atomic E-state index is 0. The van der Waals surface area contributed by atoms with Crippen molar-refractivity contribution < 1.29 is 30.3 Å². The van der Waals surface area contributed by atoms with E-state index >= 15 is 0 Å². The van der Waals surface area contributed by atoms with Gasteiger partial charge in [0.05, 0.1) is 6.61 Å². The van der Waals surface area contributed by atoms with Gasteiger partial charge in [0, 0.05) is 0 Å². The highest BCUT2D eigenvalue weighted by Gasteiger charge is 2.42. The Bertz CT molecular complexity index is 151. The summed E-state index contributed by atoms with van der Waals surface area (Å²) < 4.78 is 4.58. The van der Waals surface area contributed by atoms with Gasteiger partial charge in [-0.3, -0.25) is 0 Å². The van der Waals surface area contributed by atoms with Crippen LogP contribution in [0.5, 0.6) is 0 Å². The molecule has 0 aliphatic carbocycles. The zero-order valence-corrected chi connectivity index (χ0v) is 7.46. The number of halogens is 1. The lowest BCUT2D eigenvalue weighted by Crippen LogP contribution is -2.58. The smallest absolute Gasteiger partial charge is 0.184 e.